The van der Waals surface area contributed by atoms with Gasteiger partial charge in [0.2, 0.25) is 0 Å². The molecule has 0 aromatic carbocycles. The lowest BCUT2D eigenvalue weighted by Crippen LogP contribution is -2.37. The minimum Gasteiger partial charge on any atom is -0.756 e. The van der Waals surface area contributed by atoms with Crippen LogP contribution in [0.15, 0.2) is 146 Å². The van der Waals surface area contributed by atoms with Crippen molar-refractivity contribution in [2.24, 2.45) is 0 Å². The number of unbranched alkanes of at least 4 members (excludes halogenated alkanes) is 40. The topological polar surface area (TPSA) is 111 Å². The van der Waals surface area contributed by atoms with Crippen LogP contribution in [0.1, 0.15) is 373 Å². The van der Waals surface area contributed by atoms with E-state index in [0.717, 1.165) is 109 Å². The third-order valence-electron chi connectivity index (χ3n) is 18.3. The van der Waals surface area contributed by atoms with Crippen molar-refractivity contribution < 1.29 is 42.1 Å². The second-order valence-electron chi connectivity index (χ2n) is 29.5. The van der Waals surface area contributed by atoms with Gasteiger partial charge in [0, 0.05) is 12.8 Å². The van der Waals surface area contributed by atoms with Gasteiger partial charge in [0.25, 0.3) is 7.82 Å². The Morgan fingerprint density at radius 3 is 0.833 bits per heavy atom. The zero-order valence-corrected chi connectivity index (χ0v) is 67.9. The molecule has 0 rings (SSSR count). The van der Waals surface area contributed by atoms with E-state index in [1.165, 1.54) is 231 Å². The monoisotopic (exact) mass is 1440 g/mol. The highest BCUT2D eigenvalue weighted by Gasteiger charge is 2.22. The van der Waals surface area contributed by atoms with E-state index in [9.17, 15) is 19.0 Å². The lowest BCUT2D eigenvalue weighted by atomic mass is 10.0. The molecular weight excluding hydrogens is 1280 g/mol. The number of esters is 2. The highest BCUT2D eigenvalue weighted by atomic mass is 31.2. The predicted molar refractivity (Wildman–Crippen MR) is 443 cm³/mol. The molecule has 102 heavy (non-hydrogen) atoms. The SMILES string of the molecule is CC/C=C\C/C=C\C/C=C\C/C=C\C/C=C\C/C=C\C/C=C\C/C=C\C/C=C\CCCCCCCCCCCCCCCC(=O)OC(COC(=O)CCCCCCCCCCCCCCCCCCCCCCCC/C=C\C/C=C\C/C=C\CCCCCCC)COP(=O)([O-])OCC[N+](C)(C)C. The Morgan fingerprint density at radius 2 is 0.559 bits per heavy atom. The molecule has 2 unspecified atom stereocenters. The summed E-state index contributed by atoms with van der Waals surface area (Å²) in [6.45, 7) is 4.15. The highest BCUT2D eigenvalue weighted by molar-refractivity contribution is 7.45. The van der Waals surface area contributed by atoms with Gasteiger partial charge < -0.3 is 27.9 Å². The van der Waals surface area contributed by atoms with E-state index in [1.807, 2.05) is 21.1 Å². The number of hydrogen-bond acceptors (Lipinski definition) is 8. The van der Waals surface area contributed by atoms with Gasteiger partial charge in [0.1, 0.15) is 19.8 Å². The van der Waals surface area contributed by atoms with Gasteiger partial charge in [-0.15, -0.1) is 0 Å². The largest absolute Gasteiger partial charge is 0.756 e. The highest BCUT2D eigenvalue weighted by Crippen LogP contribution is 2.38. The molecule has 10 heteroatoms. The Labute approximate surface area is 631 Å². The van der Waals surface area contributed by atoms with Crippen LogP contribution in [0, 0.1) is 0 Å². The lowest BCUT2D eigenvalue weighted by Gasteiger charge is -2.28. The van der Waals surface area contributed by atoms with Crippen molar-refractivity contribution in [3.63, 3.8) is 0 Å². The van der Waals surface area contributed by atoms with Crippen LogP contribution >= 0.6 is 7.82 Å². The summed E-state index contributed by atoms with van der Waals surface area (Å²) >= 11 is 0. The molecule has 0 amide bonds. The van der Waals surface area contributed by atoms with Crippen LogP contribution in [0.2, 0.25) is 0 Å². The first-order chi connectivity index (χ1) is 50.0. The van der Waals surface area contributed by atoms with Crippen molar-refractivity contribution >= 4 is 19.8 Å². The minimum absolute atomic E-state index is 0.0345. The summed E-state index contributed by atoms with van der Waals surface area (Å²) in [5.74, 6) is -0.825. The van der Waals surface area contributed by atoms with Crippen LogP contribution in [0.4, 0.5) is 0 Å². The number of quaternary nitrogens is 1. The predicted octanol–water partition coefficient (Wildman–Crippen LogP) is 28.2. The van der Waals surface area contributed by atoms with E-state index >= 15 is 0 Å². The van der Waals surface area contributed by atoms with Gasteiger partial charge in [-0.1, -0.05) is 384 Å². The molecule has 0 saturated carbocycles. The second-order valence-corrected chi connectivity index (χ2v) is 30.9. The third-order valence-corrected chi connectivity index (χ3v) is 19.3. The van der Waals surface area contributed by atoms with Gasteiger partial charge in [0.05, 0.1) is 27.7 Å². The number of phosphoric acid groups is 1. The van der Waals surface area contributed by atoms with Crippen LogP contribution in [-0.2, 0) is 32.7 Å². The summed E-state index contributed by atoms with van der Waals surface area (Å²) in [5.41, 5.74) is 0. The molecule has 0 aromatic rings. The Bertz CT molecular complexity index is 2240. The summed E-state index contributed by atoms with van der Waals surface area (Å²) < 4.78 is 34.5. The summed E-state index contributed by atoms with van der Waals surface area (Å²) in [4.78, 5) is 38.2. The van der Waals surface area contributed by atoms with Crippen LogP contribution < -0.4 is 4.89 Å². The number of carbonyl (C=O) groups is 2. The van der Waals surface area contributed by atoms with Crippen molar-refractivity contribution in [1.82, 2.24) is 0 Å². The zero-order chi connectivity index (χ0) is 74.0. The number of phosphoric ester groups is 1. The number of allylic oxidation sites excluding steroid dienone is 24. The average molecular weight is 1440 g/mol. The summed E-state index contributed by atoms with van der Waals surface area (Å²) in [6.07, 6.45) is 120. The molecular formula is C92H160NO8P. The molecule has 0 radical (unpaired) electrons. The summed E-state index contributed by atoms with van der Waals surface area (Å²) in [6, 6.07) is 0. The quantitative estimate of drug-likeness (QED) is 0.0195. The normalized spacial score (nSPS) is 13.7. The standard InChI is InChI=1S/C92H160NO8P/c1-6-8-10-12-14-16-18-20-22-24-26-28-30-32-34-36-38-40-42-44-45-46-47-49-51-53-55-57-59-61-63-65-67-69-71-73-75-77-79-81-83-85-92(95)101-90(89-100-102(96,97)99-87-86-93(3,4)5)88-98-91(94)84-82-80-78-76-74-72-70-68-66-64-62-60-58-56-54-52-50-48-43-41-39-37-35-33-31-29-27-25-23-21-19-17-15-13-11-9-7-2/h8,10,14,16,19-22,25-28,31-34,38,40,44-45,47,49,53,55,90H,6-7,9,11-13,15,17-18,23-24,29-30,35-37,39,41-43,46,48,50-52,54,56-89H2,1-5H3/b10-8-,16-14-,21-19-,22-20-,27-25-,28-26-,33-31-,34-32-,40-38-,45-44-,49-47-,55-53-. The molecule has 0 bridgehead atoms. The van der Waals surface area contributed by atoms with Crippen molar-refractivity contribution in [2.45, 2.75) is 380 Å². The summed E-state index contributed by atoms with van der Waals surface area (Å²) in [7, 11) is 1.17. The maximum absolute atomic E-state index is 12.9. The van der Waals surface area contributed by atoms with Crippen molar-refractivity contribution in [3.05, 3.63) is 146 Å². The molecule has 0 aliphatic rings. The molecule has 0 aromatic heterocycles. The van der Waals surface area contributed by atoms with Crippen molar-refractivity contribution in [2.75, 3.05) is 47.5 Å². The molecule has 0 saturated heterocycles. The van der Waals surface area contributed by atoms with Crippen LogP contribution in [-0.4, -0.2) is 70.0 Å². The summed E-state index contributed by atoms with van der Waals surface area (Å²) in [5, 5.41) is 0. The van der Waals surface area contributed by atoms with E-state index in [4.69, 9.17) is 18.5 Å². The van der Waals surface area contributed by atoms with E-state index in [2.05, 4.69) is 160 Å². The van der Waals surface area contributed by atoms with Crippen LogP contribution in [0.3, 0.4) is 0 Å². The maximum atomic E-state index is 12.9. The molecule has 9 nitrogen and oxygen atoms in total. The molecule has 2 atom stereocenters. The molecule has 0 aliphatic carbocycles. The Balaban J connectivity index is 3.96. The molecule has 0 spiro atoms. The fraction of sp³-hybridized carbons (Fsp3) is 0.717. The van der Waals surface area contributed by atoms with Gasteiger partial charge >= 0.3 is 11.9 Å². The molecule has 0 heterocycles. The second kappa shape index (κ2) is 81.0. The molecule has 586 valence electrons. The van der Waals surface area contributed by atoms with Gasteiger partial charge in [0.15, 0.2) is 6.10 Å². The van der Waals surface area contributed by atoms with Gasteiger partial charge in [-0.05, 0) is 122 Å². The number of rotatable bonds is 78. The maximum Gasteiger partial charge on any atom is 0.306 e. The van der Waals surface area contributed by atoms with Crippen LogP contribution in [0.5, 0.6) is 0 Å². The molecule has 0 aliphatic heterocycles. The first kappa shape index (κ1) is 97.9. The zero-order valence-electron chi connectivity index (χ0n) is 67.0. The van der Waals surface area contributed by atoms with E-state index in [0.29, 0.717) is 17.4 Å². The van der Waals surface area contributed by atoms with Crippen molar-refractivity contribution in [3.8, 4) is 0 Å². The van der Waals surface area contributed by atoms with Crippen molar-refractivity contribution in [1.29, 1.82) is 0 Å². The number of likely N-dealkylation sites (N-methyl/N-ethyl adjacent to an activating group) is 1. The van der Waals surface area contributed by atoms with Gasteiger partial charge in [-0.2, -0.15) is 0 Å². The van der Waals surface area contributed by atoms with Gasteiger partial charge in [-0.25, -0.2) is 0 Å². The fourth-order valence-electron chi connectivity index (χ4n) is 11.9. The average Bonchev–Trinajstić information content (AvgIpc) is 0.916. The number of hydrogen-bond donors (Lipinski definition) is 0. The number of nitrogens with zero attached hydrogens (tertiary/aromatic N) is 1. The number of ether oxygens (including phenoxy) is 2. The molecule has 0 fully saturated rings. The minimum atomic E-state index is -4.65. The third kappa shape index (κ3) is 84.8. The van der Waals surface area contributed by atoms with E-state index in [1.54, 1.807) is 0 Å². The Morgan fingerprint density at radius 1 is 0.314 bits per heavy atom. The van der Waals surface area contributed by atoms with Gasteiger partial charge in [-0.3, -0.25) is 14.2 Å². The number of carbonyl (C=O) groups excluding carboxylic acids is 2. The lowest BCUT2D eigenvalue weighted by molar-refractivity contribution is -0.870. The smallest absolute Gasteiger partial charge is 0.306 e. The van der Waals surface area contributed by atoms with Crippen LogP contribution in [0.25, 0.3) is 0 Å². The molecule has 0 N–H and O–H groups in total. The Hall–Kier alpha value is -4.11. The van der Waals surface area contributed by atoms with E-state index in [-0.39, 0.29) is 32.0 Å². The fourth-order valence-corrected chi connectivity index (χ4v) is 12.6. The Kier molecular flexibility index (Phi) is 77.7. The van der Waals surface area contributed by atoms with E-state index < -0.39 is 26.5 Å². The first-order valence-corrected chi connectivity index (χ1v) is 44.0. The first-order valence-electron chi connectivity index (χ1n) is 42.5.